The quantitative estimate of drug-likeness (QED) is 0.690. The van der Waals surface area contributed by atoms with Gasteiger partial charge in [0.2, 0.25) is 0 Å². The Morgan fingerprint density at radius 3 is 2.53 bits per heavy atom. The van der Waals surface area contributed by atoms with Crippen LogP contribution >= 0.6 is 0 Å². The number of para-hydroxylation sites is 1. The van der Waals surface area contributed by atoms with Gasteiger partial charge in [-0.1, -0.05) is 24.3 Å². The van der Waals surface area contributed by atoms with E-state index < -0.39 is 0 Å². The zero-order valence-electron chi connectivity index (χ0n) is 11.9. The Hall–Kier alpha value is -1.97. The molecule has 0 saturated carbocycles. The summed E-state index contributed by atoms with van der Waals surface area (Å²) in [6.07, 6.45) is 4.74. The molecule has 4 nitrogen and oxygen atoms in total. The Morgan fingerprint density at radius 1 is 1.21 bits per heavy atom. The van der Waals surface area contributed by atoms with Gasteiger partial charge in [-0.25, -0.2) is 4.79 Å². The average molecular weight is 261 g/mol. The highest BCUT2D eigenvalue weighted by Crippen LogP contribution is 2.18. The zero-order chi connectivity index (χ0) is 14.1. The molecule has 0 radical (unpaired) electrons. The van der Waals surface area contributed by atoms with E-state index in [1.807, 2.05) is 51.2 Å². The number of allylic oxidation sites excluding steroid dienone is 1. The fraction of sp³-hybridized carbons (Fsp3) is 0.400. The fourth-order valence-corrected chi connectivity index (χ4v) is 1.76. The van der Waals surface area contributed by atoms with Gasteiger partial charge in [0.25, 0.3) is 0 Å². The predicted octanol–water partition coefficient (Wildman–Crippen LogP) is 2.94. The van der Waals surface area contributed by atoms with Gasteiger partial charge in [0.1, 0.15) is 0 Å². The lowest BCUT2D eigenvalue weighted by atomic mass is 10.1. The first-order valence-electron chi connectivity index (χ1n) is 6.60. The van der Waals surface area contributed by atoms with Gasteiger partial charge >= 0.3 is 6.03 Å². The number of rotatable bonds is 6. The molecule has 0 unspecified atom stereocenters. The fourth-order valence-electron chi connectivity index (χ4n) is 1.76. The lowest BCUT2D eigenvalue weighted by Crippen LogP contribution is -2.31. The van der Waals surface area contributed by atoms with E-state index >= 15 is 0 Å². The van der Waals surface area contributed by atoms with Crippen molar-refractivity contribution in [2.75, 3.05) is 18.4 Å². The van der Waals surface area contributed by atoms with Crippen molar-refractivity contribution >= 4 is 11.7 Å². The van der Waals surface area contributed by atoms with Gasteiger partial charge in [-0.05, 0) is 44.5 Å². The lowest BCUT2D eigenvalue weighted by molar-refractivity contribution is 0.252. The van der Waals surface area contributed by atoms with Gasteiger partial charge in [0.15, 0.2) is 0 Å². The van der Waals surface area contributed by atoms with Crippen molar-refractivity contribution in [1.82, 2.24) is 10.6 Å². The van der Waals surface area contributed by atoms with E-state index in [1.165, 1.54) is 0 Å². The highest BCUT2D eigenvalue weighted by molar-refractivity contribution is 5.90. The van der Waals surface area contributed by atoms with Gasteiger partial charge in [-0.3, -0.25) is 0 Å². The topological polar surface area (TPSA) is 53.2 Å². The molecule has 0 fully saturated rings. The summed E-state index contributed by atoms with van der Waals surface area (Å²) < 4.78 is 0. The molecule has 104 valence electrons. The van der Waals surface area contributed by atoms with Gasteiger partial charge in [0, 0.05) is 18.8 Å². The number of hydrogen-bond donors (Lipinski definition) is 3. The summed E-state index contributed by atoms with van der Waals surface area (Å²) in [6, 6.07) is 5.82. The number of urea groups is 1. The summed E-state index contributed by atoms with van der Waals surface area (Å²) in [5.74, 6) is 0. The number of hydrogen-bond acceptors (Lipinski definition) is 2. The summed E-state index contributed by atoms with van der Waals surface area (Å²) in [4.78, 5) is 11.7. The predicted molar refractivity (Wildman–Crippen MR) is 80.4 cm³/mol. The molecule has 0 atom stereocenters. The van der Waals surface area contributed by atoms with Crippen LogP contribution in [-0.4, -0.2) is 19.1 Å². The molecule has 1 aromatic rings. The van der Waals surface area contributed by atoms with Crippen molar-refractivity contribution < 1.29 is 4.79 Å². The van der Waals surface area contributed by atoms with Gasteiger partial charge in [-0.2, -0.15) is 0 Å². The maximum Gasteiger partial charge on any atom is 0.319 e. The number of nitrogens with one attached hydrogen (secondary N) is 3. The summed E-state index contributed by atoms with van der Waals surface area (Å²) in [7, 11) is 0. The number of aryl methyl sites for hydroxylation is 2. The molecule has 1 aromatic carbocycles. The van der Waals surface area contributed by atoms with Gasteiger partial charge in [-0.15, -0.1) is 0 Å². The van der Waals surface area contributed by atoms with Crippen molar-refractivity contribution in [2.45, 2.75) is 27.2 Å². The Morgan fingerprint density at radius 2 is 1.89 bits per heavy atom. The monoisotopic (exact) mass is 261 g/mol. The van der Waals surface area contributed by atoms with Crippen molar-refractivity contribution in [2.24, 2.45) is 0 Å². The SMILES string of the molecule is C/C=C\NCCCNC(=O)Nc1c(C)cccc1C. The molecule has 0 saturated heterocycles. The van der Waals surface area contributed by atoms with E-state index in [-0.39, 0.29) is 6.03 Å². The Bertz CT molecular complexity index is 421. The zero-order valence-corrected chi connectivity index (χ0v) is 11.9. The second-order valence-corrected chi connectivity index (χ2v) is 4.46. The van der Waals surface area contributed by atoms with E-state index in [2.05, 4.69) is 16.0 Å². The van der Waals surface area contributed by atoms with Crippen LogP contribution < -0.4 is 16.0 Å². The van der Waals surface area contributed by atoms with Crippen LogP contribution in [0.5, 0.6) is 0 Å². The third-order valence-electron chi connectivity index (χ3n) is 2.79. The van der Waals surface area contributed by atoms with Crippen LogP contribution in [0.1, 0.15) is 24.5 Å². The van der Waals surface area contributed by atoms with E-state index in [1.54, 1.807) is 0 Å². The summed E-state index contributed by atoms with van der Waals surface area (Å²) in [5, 5.41) is 8.87. The van der Waals surface area contributed by atoms with Crippen LogP contribution in [0.2, 0.25) is 0 Å². The second kappa shape index (κ2) is 8.19. The molecular weight excluding hydrogens is 238 g/mol. The van der Waals surface area contributed by atoms with E-state index in [9.17, 15) is 4.79 Å². The molecule has 0 aromatic heterocycles. The maximum atomic E-state index is 11.7. The highest BCUT2D eigenvalue weighted by Gasteiger charge is 2.05. The number of carbonyl (C=O) groups is 1. The lowest BCUT2D eigenvalue weighted by Gasteiger charge is -2.12. The third-order valence-corrected chi connectivity index (χ3v) is 2.79. The van der Waals surface area contributed by atoms with Crippen LogP contribution in [0.4, 0.5) is 10.5 Å². The van der Waals surface area contributed by atoms with Crippen molar-refractivity contribution in [3.8, 4) is 0 Å². The van der Waals surface area contributed by atoms with E-state index in [4.69, 9.17) is 0 Å². The molecule has 0 bridgehead atoms. The van der Waals surface area contributed by atoms with Crippen LogP contribution in [0.25, 0.3) is 0 Å². The molecule has 1 rings (SSSR count). The number of benzene rings is 1. The molecule has 0 spiro atoms. The first kappa shape index (κ1) is 15.1. The summed E-state index contributed by atoms with van der Waals surface area (Å²) >= 11 is 0. The van der Waals surface area contributed by atoms with Crippen molar-refractivity contribution in [3.05, 3.63) is 41.6 Å². The molecule has 0 aliphatic carbocycles. The molecule has 19 heavy (non-hydrogen) atoms. The Kier molecular flexibility index (Phi) is 6.50. The normalized spacial score (nSPS) is 10.5. The standard InChI is InChI=1S/C15H23N3O/c1-4-9-16-10-6-11-17-15(19)18-14-12(2)7-5-8-13(14)3/h4-5,7-9,16H,6,10-11H2,1-3H3,(H2,17,18,19)/b9-4-. The molecule has 2 amide bonds. The van der Waals surface area contributed by atoms with Crippen LogP contribution in [0.15, 0.2) is 30.5 Å². The van der Waals surface area contributed by atoms with Crippen LogP contribution in [-0.2, 0) is 0 Å². The highest BCUT2D eigenvalue weighted by atomic mass is 16.2. The van der Waals surface area contributed by atoms with Crippen LogP contribution in [0.3, 0.4) is 0 Å². The number of carbonyl (C=O) groups excluding carboxylic acids is 1. The first-order valence-corrected chi connectivity index (χ1v) is 6.60. The number of amides is 2. The average Bonchev–Trinajstić information content (AvgIpc) is 2.38. The minimum atomic E-state index is -0.150. The Balaban J connectivity index is 2.31. The second-order valence-electron chi connectivity index (χ2n) is 4.46. The summed E-state index contributed by atoms with van der Waals surface area (Å²) in [6.45, 7) is 7.45. The minimum Gasteiger partial charge on any atom is -0.391 e. The van der Waals surface area contributed by atoms with Gasteiger partial charge < -0.3 is 16.0 Å². The Labute approximate surface area is 115 Å². The number of anilines is 1. The molecule has 3 N–H and O–H groups in total. The van der Waals surface area contributed by atoms with Crippen molar-refractivity contribution in [1.29, 1.82) is 0 Å². The molecule has 4 heteroatoms. The minimum absolute atomic E-state index is 0.150. The molecule has 0 aliphatic heterocycles. The van der Waals surface area contributed by atoms with Gasteiger partial charge in [0.05, 0.1) is 0 Å². The molecule has 0 heterocycles. The van der Waals surface area contributed by atoms with Crippen molar-refractivity contribution in [3.63, 3.8) is 0 Å². The van der Waals surface area contributed by atoms with Crippen LogP contribution in [0, 0.1) is 13.8 Å². The van der Waals surface area contributed by atoms with E-state index in [0.717, 1.165) is 29.8 Å². The smallest absolute Gasteiger partial charge is 0.319 e. The summed E-state index contributed by atoms with van der Waals surface area (Å²) in [5.41, 5.74) is 3.04. The molecule has 0 aliphatic rings. The third kappa shape index (κ3) is 5.46. The maximum absolute atomic E-state index is 11.7. The molecular formula is C15H23N3O. The van der Waals surface area contributed by atoms with E-state index in [0.29, 0.717) is 6.54 Å². The largest absolute Gasteiger partial charge is 0.391 e. The first-order chi connectivity index (χ1) is 9.15.